The van der Waals surface area contributed by atoms with Crippen LogP contribution in [0.1, 0.15) is 28.8 Å². The molecule has 0 aromatic heterocycles. The molecule has 1 heterocycles. The van der Waals surface area contributed by atoms with E-state index in [4.69, 9.17) is 4.74 Å². The molecule has 1 aromatic carbocycles. The first-order valence-corrected chi connectivity index (χ1v) is 9.64. The molecule has 8 nitrogen and oxygen atoms in total. The molecule has 1 fully saturated rings. The van der Waals surface area contributed by atoms with E-state index in [1.807, 2.05) is 18.2 Å². The van der Waals surface area contributed by atoms with Crippen molar-refractivity contribution in [2.45, 2.75) is 25.4 Å². The van der Waals surface area contributed by atoms with Crippen LogP contribution in [0, 0.1) is 0 Å². The van der Waals surface area contributed by atoms with E-state index in [-0.39, 0.29) is 48.4 Å². The second-order valence-corrected chi connectivity index (χ2v) is 6.93. The average Bonchev–Trinajstić information content (AvgIpc) is 3.22. The average molecular weight is 517 g/mol. The van der Waals surface area contributed by atoms with Crippen molar-refractivity contribution >= 4 is 41.8 Å². The summed E-state index contributed by atoms with van der Waals surface area (Å²) in [5.74, 6) is 0.433. The lowest BCUT2D eigenvalue weighted by Crippen LogP contribution is -2.42. The standard InChI is InChI=1S/C20H31N5O3.HI/c1-21-19(27)16-7-4-6-15(12-16)9-10-22-20(24-14-18(26)25(2)3)23-13-17-8-5-11-28-17;/h4,6-7,12,17H,5,8-11,13-14H2,1-3H3,(H,21,27)(H2,22,23,24);1H. The molecule has 0 aliphatic carbocycles. The van der Waals surface area contributed by atoms with Gasteiger partial charge in [0.05, 0.1) is 6.10 Å². The van der Waals surface area contributed by atoms with Gasteiger partial charge < -0.3 is 25.6 Å². The van der Waals surface area contributed by atoms with Crippen LogP contribution in [0.2, 0.25) is 0 Å². The van der Waals surface area contributed by atoms with E-state index in [0.29, 0.717) is 24.6 Å². The molecule has 1 aromatic rings. The Labute approximate surface area is 189 Å². The van der Waals surface area contributed by atoms with Gasteiger partial charge in [-0.05, 0) is 37.0 Å². The number of nitrogens with zero attached hydrogens (tertiary/aromatic N) is 2. The van der Waals surface area contributed by atoms with Crippen molar-refractivity contribution < 1.29 is 14.3 Å². The van der Waals surface area contributed by atoms with Gasteiger partial charge in [0, 0.05) is 46.4 Å². The molecule has 1 saturated heterocycles. The van der Waals surface area contributed by atoms with E-state index < -0.39 is 0 Å². The molecule has 0 saturated carbocycles. The Morgan fingerprint density at radius 2 is 2.07 bits per heavy atom. The molecule has 0 bridgehead atoms. The fourth-order valence-corrected chi connectivity index (χ4v) is 2.82. The van der Waals surface area contributed by atoms with Crippen LogP contribution >= 0.6 is 24.0 Å². The van der Waals surface area contributed by atoms with Gasteiger partial charge in [0.2, 0.25) is 5.91 Å². The van der Waals surface area contributed by atoms with Gasteiger partial charge in [-0.25, -0.2) is 4.99 Å². The minimum Gasteiger partial charge on any atom is -0.376 e. The quantitative estimate of drug-likeness (QED) is 0.272. The minimum absolute atomic E-state index is 0. The number of carbonyl (C=O) groups is 2. The first-order chi connectivity index (χ1) is 13.5. The van der Waals surface area contributed by atoms with E-state index in [9.17, 15) is 9.59 Å². The van der Waals surface area contributed by atoms with Crippen molar-refractivity contribution in [1.29, 1.82) is 0 Å². The number of amides is 2. The third kappa shape index (κ3) is 8.99. The van der Waals surface area contributed by atoms with Gasteiger partial charge in [0.15, 0.2) is 5.96 Å². The lowest BCUT2D eigenvalue weighted by Gasteiger charge is -2.16. The van der Waals surface area contributed by atoms with Crippen LogP contribution in [-0.4, -0.2) is 76.2 Å². The summed E-state index contributed by atoms with van der Waals surface area (Å²) in [4.78, 5) is 29.5. The lowest BCUT2D eigenvalue weighted by molar-refractivity contribution is -0.127. The van der Waals surface area contributed by atoms with Gasteiger partial charge in [-0.1, -0.05) is 12.1 Å². The summed E-state index contributed by atoms with van der Waals surface area (Å²) in [6.45, 7) is 2.17. The molecule has 1 aliphatic heterocycles. The first kappa shape index (κ1) is 25.2. The summed E-state index contributed by atoms with van der Waals surface area (Å²) < 4.78 is 5.63. The predicted octanol–water partition coefficient (Wildman–Crippen LogP) is 1.01. The molecule has 1 aliphatic rings. The number of guanidine groups is 1. The summed E-state index contributed by atoms with van der Waals surface area (Å²) in [6.07, 6.45) is 3.02. The molecule has 9 heteroatoms. The summed E-state index contributed by atoms with van der Waals surface area (Å²) in [5.41, 5.74) is 1.69. The number of halogens is 1. The highest BCUT2D eigenvalue weighted by molar-refractivity contribution is 14.0. The largest absolute Gasteiger partial charge is 0.376 e. The molecule has 2 amide bonds. The number of likely N-dealkylation sites (N-methyl/N-ethyl adjacent to an activating group) is 1. The van der Waals surface area contributed by atoms with Crippen molar-refractivity contribution in [3.05, 3.63) is 35.4 Å². The van der Waals surface area contributed by atoms with Crippen LogP contribution in [-0.2, 0) is 16.0 Å². The van der Waals surface area contributed by atoms with Gasteiger partial charge in [-0.15, -0.1) is 24.0 Å². The molecule has 2 rings (SSSR count). The molecule has 0 radical (unpaired) electrons. The van der Waals surface area contributed by atoms with Gasteiger partial charge in [0.1, 0.15) is 6.54 Å². The molecule has 3 N–H and O–H groups in total. The number of aliphatic imine (C=N–C) groups is 1. The van der Waals surface area contributed by atoms with Gasteiger partial charge in [-0.2, -0.15) is 0 Å². The van der Waals surface area contributed by atoms with Gasteiger partial charge in [-0.3, -0.25) is 9.59 Å². The minimum atomic E-state index is -0.0995. The van der Waals surface area contributed by atoms with E-state index in [1.165, 1.54) is 4.90 Å². The molecule has 29 heavy (non-hydrogen) atoms. The number of nitrogens with one attached hydrogen (secondary N) is 3. The first-order valence-electron chi connectivity index (χ1n) is 9.64. The lowest BCUT2D eigenvalue weighted by atomic mass is 10.1. The second kappa shape index (κ2) is 13.4. The SMILES string of the molecule is CNC(=O)c1cccc(CCNC(=NCC(=O)N(C)C)NCC2CCCO2)c1.I. The van der Waals surface area contributed by atoms with Crippen LogP contribution in [0.15, 0.2) is 29.3 Å². The van der Waals surface area contributed by atoms with E-state index in [0.717, 1.165) is 31.4 Å². The predicted molar refractivity (Wildman–Crippen MR) is 125 cm³/mol. The third-order valence-corrected chi connectivity index (χ3v) is 4.51. The maximum Gasteiger partial charge on any atom is 0.251 e. The Morgan fingerprint density at radius 1 is 1.28 bits per heavy atom. The number of ether oxygens (including phenoxy) is 1. The highest BCUT2D eigenvalue weighted by atomic mass is 127. The fourth-order valence-electron chi connectivity index (χ4n) is 2.82. The zero-order valence-corrected chi connectivity index (χ0v) is 19.7. The summed E-state index contributed by atoms with van der Waals surface area (Å²) in [7, 11) is 5.04. The van der Waals surface area contributed by atoms with Crippen molar-refractivity contribution in [1.82, 2.24) is 20.9 Å². The Balaban J connectivity index is 0.00000420. The zero-order chi connectivity index (χ0) is 20.4. The van der Waals surface area contributed by atoms with Crippen LogP contribution in [0.4, 0.5) is 0 Å². The van der Waals surface area contributed by atoms with E-state index in [1.54, 1.807) is 27.2 Å². The number of hydrogen-bond donors (Lipinski definition) is 3. The molecular weight excluding hydrogens is 485 g/mol. The Kier molecular flexibility index (Phi) is 11.6. The monoisotopic (exact) mass is 517 g/mol. The Morgan fingerprint density at radius 3 is 2.72 bits per heavy atom. The number of hydrogen-bond acceptors (Lipinski definition) is 4. The maximum atomic E-state index is 11.8. The number of benzene rings is 1. The van der Waals surface area contributed by atoms with Crippen LogP contribution in [0.5, 0.6) is 0 Å². The van der Waals surface area contributed by atoms with Crippen molar-refractivity contribution in [2.24, 2.45) is 4.99 Å². The smallest absolute Gasteiger partial charge is 0.251 e. The Bertz CT molecular complexity index is 690. The highest BCUT2D eigenvalue weighted by Crippen LogP contribution is 2.10. The normalized spacial score (nSPS) is 16.0. The Hall–Kier alpha value is -1.88. The highest BCUT2D eigenvalue weighted by Gasteiger charge is 2.15. The topological polar surface area (TPSA) is 95.1 Å². The van der Waals surface area contributed by atoms with Crippen molar-refractivity contribution in [3.63, 3.8) is 0 Å². The molecule has 1 atom stereocenters. The van der Waals surface area contributed by atoms with E-state index >= 15 is 0 Å². The van der Waals surface area contributed by atoms with Crippen molar-refractivity contribution in [3.8, 4) is 0 Å². The fraction of sp³-hybridized carbons (Fsp3) is 0.550. The molecule has 162 valence electrons. The van der Waals surface area contributed by atoms with Gasteiger partial charge in [0.25, 0.3) is 5.91 Å². The van der Waals surface area contributed by atoms with E-state index in [2.05, 4.69) is 20.9 Å². The van der Waals surface area contributed by atoms with Gasteiger partial charge >= 0.3 is 0 Å². The van der Waals surface area contributed by atoms with Crippen LogP contribution in [0.3, 0.4) is 0 Å². The summed E-state index contributed by atoms with van der Waals surface area (Å²) in [6, 6.07) is 7.53. The molecule has 1 unspecified atom stereocenters. The summed E-state index contributed by atoms with van der Waals surface area (Å²) in [5, 5.41) is 9.15. The maximum absolute atomic E-state index is 11.8. The molecular formula is C20H32IN5O3. The van der Waals surface area contributed by atoms with Crippen LogP contribution < -0.4 is 16.0 Å². The number of rotatable bonds is 8. The third-order valence-electron chi connectivity index (χ3n) is 4.51. The molecule has 0 spiro atoms. The van der Waals surface area contributed by atoms with Crippen LogP contribution in [0.25, 0.3) is 0 Å². The zero-order valence-electron chi connectivity index (χ0n) is 17.4. The van der Waals surface area contributed by atoms with Crippen molar-refractivity contribution in [2.75, 3.05) is 47.4 Å². The second-order valence-electron chi connectivity index (χ2n) is 6.93. The number of carbonyl (C=O) groups excluding carboxylic acids is 2. The summed E-state index contributed by atoms with van der Waals surface area (Å²) >= 11 is 0.